The molecular formula is C17H15NO4S. The molecule has 0 bridgehead atoms. The standard InChI is InChI=1S/C17H15NO4S/c1-11-18-15(10-23-11)12-3-5-13(6-4-12)22-9-16-14(7-8-21-16)17(19)20-2/h3-8,10H,9H2,1-2H3. The monoisotopic (exact) mass is 329 g/mol. The number of hydrogen-bond acceptors (Lipinski definition) is 6. The molecule has 5 nitrogen and oxygen atoms in total. The topological polar surface area (TPSA) is 61.6 Å². The second kappa shape index (κ2) is 6.66. The summed E-state index contributed by atoms with van der Waals surface area (Å²) in [5.74, 6) is 0.690. The van der Waals surface area contributed by atoms with Crippen molar-refractivity contribution in [1.29, 1.82) is 0 Å². The van der Waals surface area contributed by atoms with E-state index in [1.807, 2.05) is 36.6 Å². The van der Waals surface area contributed by atoms with E-state index in [1.165, 1.54) is 13.4 Å². The van der Waals surface area contributed by atoms with Gasteiger partial charge in [-0.3, -0.25) is 0 Å². The number of esters is 1. The van der Waals surface area contributed by atoms with E-state index >= 15 is 0 Å². The third-order valence-corrected chi connectivity index (χ3v) is 4.06. The van der Waals surface area contributed by atoms with Gasteiger partial charge >= 0.3 is 5.97 Å². The molecule has 0 unspecified atom stereocenters. The van der Waals surface area contributed by atoms with Crippen LogP contribution < -0.4 is 4.74 Å². The first-order valence-electron chi connectivity index (χ1n) is 6.97. The molecule has 1 aromatic carbocycles. The van der Waals surface area contributed by atoms with Crippen LogP contribution in [0.2, 0.25) is 0 Å². The molecule has 0 spiro atoms. The summed E-state index contributed by atoms with van der Waals surface area (Å²) in [5, 5.41) is 3.06. The van der Waals surface area contributed by atoms with Gasteiger partial charge in [0.15, 0.2) is 5.76 Å². The van der Waals surface area contributed by atoms with E-state index in [0.717, 1.165) is 16.3 Å². The van der Waals surface area contributed by atoms with Gasteiger partial charge < -0.3 is 13.9 Å². The number of carbonyl (C=O) groups is 1. The molecule has 6 heteroatoms. The minimum absolute atomic E-state index is 0.159. The smallest absolute Gasteiger partial charge is 0.341 e. The quantitative estimate of drug-likeness (QED) is 0.660. The van der Waals surface area contributed by atoms with Crippen molar-refractivity contribution in [3.63, 3.8) is 0 Å². The van der Waals surface area contributed by atoms with Gasteiger partial charge in [-0.15, -0.1) is 11.3 Å². The Morgan fingerprint density at radius 2 is 2.04 bits per heavy atom. The Labute approximate surface area is 137 Å². The van der Waals surface area contributed by atoms with Gasteiger partial charge in [0.05, 0.1) is 24.1 Å². The summed E-state index contributed by atoms with van der Waals surface area (Å²) in [7, 11) is 1.33. The first kappa shape index (κ1) is 15.3. The summed E-state index contributed by atoms with van der Waals surface area (Å²) in [6.45, 7) is 2.14. The Morgan fingerprint density at radius 3 is 2.70 bits per heavy atom. The molecule has 0 aliphatic heterocycles. The normalized spacial score (nSPS) is 10.5. The predicted molar refractivity (Wildman–Crippen MR) is 86.7 cm³/mol. The number of hydrogen-bond donors (Lipinski definition) is 0. The first-order valence-corrected chi connectivity index (χ1v) is 7.85. The molecule has 0 saturated carbocycles. The summed E-state index contributed by atoms with van der Waals surface area (Å²) in [5.41, 5.74) is 2.37. The van der Waals surface area contributed by atoms with Crippen molar-refractivity contribution < 1.29 is 18.7 Å². The highest BCUT2D eigenvalue weighted by Gasteiger charge is 2.15. The number of thiazole rings is 1. The molecule has 3 rings (SSSR count). The SMILES string of the molecule is COC(=O)c1ccoc1COc1ccc(-c2csc(C)n2)cc1. The fourth-order valence-corrected chi connectivity index (χ4v) is 2.73. The molecule has 0 N–H and O–H groups in total. The lowest BCUT2D eigenvalue weighted by atomic mass is 10.2. The summed E-state index contributed by atoms with van der Waals surface area (Å²) in [4.78, 5) is 16.0. The number of aryl methyl sites for hydroxylation is 1. The largest absolute Gasteiger partial charge is 0.486 e. The van der Waals surface area contributed by atoms with Crippen molar-refractivity contribution in [3.05, 3.63) is 58.3 Å². The predicted octanol–water partition coefficient (Wildman–Crippen LogP) is 4.08. The number of furan rings is 1. The van der Waals surface area contributed by atoms with E-state index in [1.54, 1.807) is 17.4 Å². The van der Waals surface area contributed by atoms with Crippen LogP contribution in [-0.4, -0.2) is 18.1 Å². The highest BCUT2D eigenvalue weighted by Crippen LogP contribution is 2.24. The minimum atomic E-state index is -0.438. The van der Waals surface area contributed by atoms with Crippen LogP contribution in [0, 0.1) is 6.92 Å². The number of rotatable bonds is 5. The lowest BCUT2D eigenvalue weighted by Gasteiger charge is -2.06. The number of carbonyl (C=O) groups excluding carboxylic acids is 1. The van der Waals surface area contributed by atoms with Crippen LogP contribution in [-0.2, 0) is 11.3 Å². The maximum absolute atomic E-state index is 11.6. The summed E-state index contributed by atoms with van der Waals surface area (Å²) < 4.78 is 15.6. The Hall–Kier alpha value is -2.60. The van der Waals surface area contributed by atoms with Gasteiger partial charge in [-0.25, -0.2) is 9.78 Å². The third kappa shape index (κ3) is 3.43. The molecule has 118 valence electrons. The van der Waals surface area contributed by atoms with Crippen LogP contribution in [0.25, 0.3) is 11.3 Å². The zero-order valence-electron chi connectivity index (χ0n) is 12.7. The van der Waals surface area contributed by atoms with Gasteiger partial charge in [-0.2, -0.15) is 0 Å². The lowest BCUT2D eigenvalue weighted by molar-refractivity contribution is 0.0595. The zero-order valence-corrected chi connectivity index (χ0v) is 13.6. The molecule has 3 aromatic rings. The molecule has 2 aromatic heterocycles. The minimum Gasteiger partial charge on any atom is -0.486 e. The van der Waals surface area contributed by atoms with Gasteiger partial charge in [0.25, 0.3) is 0 Å². The fraction of sp³-hybridized carbons (Fsp3) is 0.176. The Kier molecular flexibility index (Phi) is 4.43. The third-order valence-electron chi connectivity index (χ3n) is 3.29. The van der Waals surface area contributed by atoms with Crippen molar-refractivity contribution in [1.82, 2.24) is 4.98 Å². The van der Waals surface area contributed by atoms with Crippen molar-refractivity contribution in [2.45, 2.75) is 13.5 Å². The average molecular weight is 329 g/mol. The molecule has 0 aliphatic carbocycles. The fourth-order valence-electron chi connectivity index (χ4n) is 2.11. The van der Waals surface area contributed by atoms with Crippen LogP contribution in [0.5, 0.6) is 5.75 Å². The van der Waals surface area contributed by atoms with Gasteiger partial charge in [0.1, 0.15) is 17.9 Å². The van der Waals surface area contributed by atoms with E-state index < -0.39 is 5.97 Å². The average Bonchev–Trinajstić information content (AvgIpc) is 3.21. The Bertz CT molecular complexity index is 804. The molecular weight excluding hydrogens is 314 g/mol. The van der Waals surface area contributed by atoms with Gasteiger partial charge in [0, 0.05) is 10.9 Å². The van der Waals surface area contributed by atoms with Crippen LogP contribution >= 0.6 is 11.3 Å². The van der Waals surface area contributed by atoms with E-state index in [0.29, 0.717) is 17.1 Å². The van der Waals surface area contributed by atoms with E-state index in [4.69, 9.17) is 13.9 Å². The van der Waals surface area contributed by atoms with E-state index in [2.05, 4.69) is 4.98 Å². The number of aromatic nitrogens is 1. The number of ether oxygens (including phenoxy) is 2. The molecule has 0 amide bonds. The van der Waals surface area contributed by atoms with E-state index in [9.17, 15) is 4.79 Å². The maximum Gasteiger partial charge on any atom is 0.341 e. The van der Waals surface area contributed by atoms with Crippen molar-refractivity contribution in [2.24, 2.45) is 0 Å². The van der Waals surface area contributed by atoms with Crippen LogP contribution in [0.4, 0.5) is 0 Å². The molecule has 23 heavy (non-hydrogen) atoms. The number of nitrogens with zero attached hydrogens (tertiary/aromatic N) is 1. The van der Waals surface area contributed by atoms with Gasteiger partial charge in [-0.05, 0) is 37.3 Å². The molecule has 2 heterocycles. The molecule has 0 fully saturated rings. The van der Waals surface area contributed by atoms with Crippen LogP contribution in [0.1, 0.15) is 21.1 Å². The van der Waals surface area contributed by atoms with Crippen molar-refractivity contribution in [3.8, 4) is 17.0 Å². The summed E-state index contributed by atoms with van der Waals surface area (Å²) >= 11 is 1.62. The van der Waals surface area contributed by atoms with Crippen molar-refractivity contribution >= 4 is 17.3 Å². The summed E-state index contributed by atoms with van der Waals surface area (Å²) in [6.07, 6.45) is 1.44. The van der Waals surface area contributed by atoms with Gasteiger partial charge in [-0.1, -0.05) is 0 Å². The first-order chi connectivity index (χ1) is 11.2. The molecule has 0 aliphatic rings. The second-order valence-corrected chi connectivity index (χ2v) is 5.88. The number of benzene rings is 1. The second-order valence-electron chi connectivity index (χ2n) is 4.81. The van der Waals surface area contributed by atoms with E-state index in [-0.39, 0.29) is 6.61 Å². The van der Waals surface area contributed by atoms with Crippen LogP contribution in [0.3, 0.4) is 0 Å². The zero-order chi connectivity index (χ0) is 16.2. The summed E-state index contributed by atoms with van der Waals surface area (Å²) in [6, 6.07) is 9.20. The lowest BCUT2D eigenvalue weighted by Crippen LogP contribution is -2.05. The molecule has 0 radical (unpaired) electrons. The number of methoxy groups -OCH3 is 1. The Morgan fingerprint density at radius 1 is 1.26 bits per heavy atom. The molecule has 0 atom stereocenters. The highest BCUT2D eigenvalue weighted by molar-refractivity contribution is 7.09. The van der Waals surface area contributed by atoms with Crippen molar-refractivity contribution in [2.75, 3.05) is 7.11 Å². The Balaban J connectivity index is 1.67. The molecule has 0 saturated heterocycles. The highest BCUT2D eigenvalue weighted by atomic mass is 32.1. The van der Waals surface area contributed by atoms with Crippen LogP contribution in [0.15, 0.2) is 46.4 Å². The maximum atomic E-state index is 11.6. The van der Waals surface area contributed by atoms with Gasteiger partial charge in [0.2, 0.25) is 0 Å².